The molecular weight excluding hydrogens is 404 g/mol. The quantitative estimate of drug-likeness (QED) is 0.763. The Balaban J connectivity index is 2.38. The molecular formula is C18H21BrN2O3S. The van der Waals surface area contributed by atoms with Crippen LogP contribution in [0.3, 0.4) is 0 Å². The Labute approximate surface area is 157 Å². The number of anilines is 2. The lowest BCUT2D eigenvalue weighted by atomic mass is 10.1. The summed E-state index contributed by atoms with van der Waals surface area (Å²) in [6.07, 6.45) is 1.46. The van der Waals surface area contributed by atoms with Gasteiger partial charge in [0.1, 0.15) is 6.04 Å². The largest absolute Gasteiger partial charge is 0.323 e. The molecule has 0 saturated heterocycles. The van der Waals surface area contributed by atoms with Crippen LogP contribution in [0, 0.1) is 6.92 Å². The molecule has 1 amide bonds. The summed E-state index contributed by atoms with van der Waals surface area (Å²) in [5.74, 6) is -0.375. The summed E-state index contributed by atoms with van der Waals surface area (Å²) >= 11 is 3.38. The van der Waals surface area contributed by atoms with Crippen LogP contribution in [0.15, 0.2) is 53.0 Å². The van der Waals surface area contributed by atoms with Crippen LogP contribution < -0.4 is 9.62 Å². The Morgan fingerprint density at radius 1 is 1.16 bits per heavy atom. The highest BCUT2D eigenvalue weighted by molar-refractivity contribution is 9.10. The minimum absolute atomic E-state index is 0.344. The number of carbonyl (C=O) groups excluding carboxylic acids is 1. The molecule has 2 aromatic carbocycles. The maximum Gasteiger partial charge on any atom is 0.248 e. The number of benzene rings is 2. The Morgan fingerprint density at radius 3 is 2.28 bits per heavy atom. The van der Waals surface area contributed by atoms with Gasteiger partial charge < -0.3 is 5.32 Å². The van der Waals surface area contributed by atoms with E-state index in [-0.39, 0.29) is 5.91 Å². The third kappa shape index (κ3) is 4.83. The predicted molar refractivity (Wildman–Crippen MR) is 105 cm³/mol. The van der Waals surface area contributed by atoms with Gasteiger partial charge in [0.05, 0.1) is 17.6 Å². The van der Waals surface area contributed by atoms with Gasteiger partial charge >= 0.3 is 0 Å². The van der Waals surface area contributed by atoms with Crippen LogP contribution in [0.4, 0.5) is 11.4 Å². The third-order valence-electron chi connectivity index (χ3n) is 3.75. The van der Waals surface area contributed by atoms with Crippen LogP contribution in [0.2, 0.25) is 0 Å². The summed E-state index contributed by atoms with van der Waals surface area (Å²) in [6, 6.07) is 13.4. The zero-order chi connectivity index (χ0) is 18.6. The van der Waals surface area contributed by atoms with Crippen LogP contribution in [-0.4, -0.2) is 26.6 Å². The van der Waals surface area contributed by atoms with Gasteiger partial charge in [0.2, 0.25) is 15.9 Å². The van der Waals surface area contributed by atoms with E-state index in [0.717, 1.165) is 16.3 Å². The van der Waals surface area contributed by atoms with Crippen molar-refractivity contribution < 1.29 is 13.2 Å². The van der Waals surface area contributed by atoms with E-state index in [1.807, 2.05) is 31.2 Å². The Hall–Kier alpha value is -1.86. The molecule has 2 rings (SSSR count). The van der Waals surface area contributed by atoms with Crippen molar-refractivity contribution in [1.82, 2.24) is 0 Å². The average molecular weight is 425 g/mol. The molecule has 7 heteroatoms. The fourth-order valence-corrected chi connectivity index (χ4v) is 4.13. The fourth-order valence-electron chi connectivity index (χ4n) is 2.53. The second-order valence-corrected chi connectivity index (χ2v) is 8.50. The number of hydrogen-bond acceptors (Lipinski definition) is 3. The summed E-state index contributed by atoms with van der Waals surface area (Å²) in [5, 5.41) is 2.80. The zero-order valence-corrected chi connectivity index (χ0v) is 16.8. The van der Waals surface area contributed by atoms with Crippen LogP contribution in [0.5, 0.6) is 0 Å². The lowest BCUT2D eigenvalue weighted by Crippen LogP contribution is -2.47. The molecule has 0 aliphatic carbocycles. The molecule has 1 atom stereocenters. The third-order valence-corrected chi connectivity index (χ3v) is 5.62. The number of aryl methyl sites for hydroxylation is 1. The van der Waals surface area contributed by atoms with Gasteiger partial charge in [-0.15, -0.1) is 0 Å². The second-order valence-electron chi connectivity index (χ2n) is 5.79. The van der Waals surface area contributed by atoms with Crippen molar-refractivity contribution >= 4 is 43.2 Å². The van der Waals surface area contributed by atoms with Crippen LogP contribution in [0.25, 0.3) is 0 Å². The molecule has 0 aliphatic rings. The van der Waals surface area contributed by atoms with Crippen molar-refractivity contribution in [2.45, 2.75) is 26.3 Å². The number of sulfonamides is 1. The molecule has 0 heterocycles. The lowest BCUT2D eigenvalue weighted by Gasteiger charge is -2.30. The van der Waals surface area contributed by atoms with Crippen LogP contribution in [0.1, 0.15) is 18.9 Å². The molecule has 1 unspecified atom stereocenters. The van der Waals surface area contributed by atoms with Gasteiger partial charge in [-0.05, 0) is 53.5 Å². The summed E-state index contributed by atoms with van der Waals surface area (Å²) in [6.45, 7) is 3.71. The number of amides is 1. The number of halogens is 1. The van der Waals surface area contributed by atoms with Gasteiger partial charge in [-0.3, -0.25) is 9.10 Å². The van der Waals surface area contributed by atoms with E-state index in [1.165, 1.54) is 4.31 Å². The first-order valence-electron chi connectivity index (χ1n) is 7.85. The second kappa shape index (κ2) is 8.01. The van der Waals surface area contributed by atoms with Crippen molar-refractivity contribution in [2.24, 2.45) is 0 Å². The maximum atomic E-state index is 12.8. The first kappa shape index (κ1) is 19.5. The van der Waals surface area contributed by atoms with Crippen molar-refractivity contribution in [3.63, 3.8) is 0 Å². The minimum atomic E-state index is -3.63. The van der Waals surface area contributed by atoms with Crippen LogP contribution in [-0.2, 0) is 14.8 Å². The monoisotopic (exact) mass is 424 g/mol. The smallest absolute Gasteiger partial charge is 0.248 e. The van der Waals surface area contributed by atoms with E-state index < -0.39 is 16.1 Å². The van der Waals surface area contributed by atoms with Gasteiger partial charge in [0.25, 0.3) is 0 Å². The van der Waals surface area contributed by atoms with Gasteiger partial charge in [-0.1, -0.05) is 36.8 Å². The molecule has 0 aliphatic heterocycles. The van der Waals surface area contributed by atoms with Crippen molar-refractivity contribution in [3.05, 3.63) is 58.6 Å². The predicted octanol–water partition coefficient (Wildman–Crippen LogP) is 3.94. The highest BCUT2D eigenvalue weighted by Crippen LogP contribution is 2.26. The lowest BCUT2D eigenvalue weighted by molar-refractivity contribution is -0.117. The first-order chi connectivity index (χ1) is 11.7. The molecule has 0 bridgehead atoms. The summed E-state index contributed by atoms with van der Waals surface area (Å²) < 4.78 is 26.7. The molecule has 134 valence electrons. The summed E-state index contributed by atoms with van der Waals surface area (Å²) in [7, 11) is -3.63. The number of hydrogen-bond donors (Lipinski definition) is 1. The molecule has 0 aromatic heterocycles. The highest BCUT2D eigenvalue weighted by atomic mass is 79.9. The van der Waals surface area contributed by atoms with Crippen molar-refractivity contribution in [2.75, 3.05) is 15.9 Å². The first-order valence-corrected chi connectivity index (χ1v) is 10.5. The fraction of sp³-hybridized carbons (Fsp3) is 0.278. The van der Waals surface area contributed by atoms with E-state index in [0.29, 0.717) is 17.8 Å². The zero-order valence-electron chi connectivity index (χ0n) is 14.4. The standard InChI is InChI=1S/C18H21BrN2O3S/c1-4-17(18(22)20-16-8-6-5-7-15(16)19)21(25(3,23)24)14-11-9-13(2)10-12-14/h5-12,17H,4H2,1-3H3,(H,20,22). The number of para-hydroxylation sites is 1. The highest BCUT2D eigenvalue weighted by Gasteiger charge is 2.31. The van der Waals surface area contributed by atoms with E-state index in [1.54, 1.807) is 31.2 Å². The van der Waals surface area contributed by atoms with E-state index in [9.17, 15) is 13.2 Å². The van der Waals surface area contributed by atoms with E-state index in [4.69, 9.17) is 0 Å². The molecule has 2 aromatic rings. The summed E-state index contributed by atoms with van der Waals surface area (Å²) in [4.78, 5) is 12.8. The molecule has 0 spiro atoms. The number of carbonyl (C=O) groups is 1. The van der Waals surface area contributed by atoms with Gasteiger partial charge in [0.15, 0.2) is 0 Å². The molecule has 0 saturated carbocycles. The Kier molecular flexibility index (Phi) is 6.24. The van der Waals surface area contributed by atoms with Gasteiger partial charge in [-0.2, -0.15) is 0 Å². The summed E-state index contributed by atoms with van der Waals surface area (Å²) in [5.41, 5.74) is 2.09. The van der Waals surface area contributed by atoms with E-state index >= 15 is 0 Å². The molecule has 0 fully saturated rings. The number of nitrogens with one attached hydrogen (secondary N) is 1. The minimum Gasteiger partial charge on any atom is -0.323 e. The molecule has 25 heavy (non-hydrogen) atoms. The molecule has 0 radical (unpaired) electrons. The normalized spacial score (nSPS) is 12.5. The van der Waals surface area contributed by atoms with Gasteiger partial charge in [0, 0.05) is 4.47 Å². The molecule has 5 nitrogen and oxygen atoms in total. The number of nitrogens with zero attached hydrogens (tertiary/aromatic N) is 1. The molecule has 1 N–H and O–H groups in total. The van der Waals surface area contributed by atoms with Crippen molar-refractivity contribution in [3.8, 4) is 0 Å². The topological polar surface area (TPSA) is 66.5 Å². The number of rotatable bonds is 6. The van der Waals surface area contributed by atoms with E-state index in [2.05, 4.69) is 21.2 Å². The van der Waals surface area contributed by atoms with Gasteiger partial charge in [-0.25, -0.2) is 8.42 Å². The van der Waals surface area contributed by atoms with Crippen molar-refractivity contribution in [1.29, 1.82) is 0 Å². The Bertz CT molecular complexity index is 851. The maximum absolute atomic E-state index is 12.8. The average Bonchev–Trinajstić information content (AvgIpc) is 2.54. The van der Waals surface area contributed by atoms with Crippen LogP contribution >= 0.6 is 15.9 Å². The Morgan fingerprint density at radius 2 is 1.76 bits per heavy atom. The SMILES string of the molecule is CCC(C(=O)Nc1ccccc1Br)N(c1ccc(C)cc1)S(C)(=O)=O.